The van der Waals surface area contributed by atoms with Crippen LogP contribution in [0.5, 0.6) is 6.01 Å². The highest BCUT2D eigenvalue weighted by atomic mass is 32.1. The maximum Gasteiger partial charge on any atom is 0.336 e. The average Bonchev–Trinajstić information content (AvgIpc) is 3.19. The number of benzene rings is 2. The highest BCUT2D eigenvalue weighted by Gasteiger charge is 2.22. The Morgan fingerprint density at radius 1 is 1.19 bits per heavy atom. The molecule has 1 atom stereocenters. The number of amides is 1. The molecule has 0 fully saturated rings. The number of rotatable bonds is 12. The van der Waals surface area contributed by atoms with E-state index in [1.54, 1.807) is 34.9 Å². The number of carboxylic acid groups (broad SMARTS) is 1. The summed E-state index contributed by atoms with van der Waals surface area (Å²) in [7, 11) is 0. The number of ether oxygens (including phenoxy) is 1. The van der Waals surface area contributed by atoms with E-state index in [4.69, 9.17) is 4.74 Å². The van der Waals surface area contributed by atoms with Crippen LogP contribution >= 0.6 is 12.6 Å². The van der Waals surface area contributed by atoms with Gasteiger partial charge in [0.25, 0.3) is 6.01 Å². The van der Waals surface area contributed by atoms with Crippen molar-refractivity contribution in [3.05, 3.63) is 70.8 Å². The number of imidazole rings is 1. The van der Waals surface area contributed by atoms with Crippen LogP contribution in [0.2, 0.25) is 0 Å². The van der Waals surface area contributed by atoms with Crippen LogP contribution in [0, 0.1) is 11.7 Å². The molecule has 2 N–H and O–H groups in total. The standard InChI is InChI=1S/C28H34FN3O4S/c1-5-23-24(15-30-26(33)25(37)13-17(3)4)32(28(31-23)36-6-2)16-19-12-11-18(14-22(19)29)20-9-7-8-10-21(20)27(34)35/h7-12,14,17,25,37H,5-6,13,15-16H2,1-4H3,(H,30,33)(H,34,35)/t25-/m0/s1. The Balaban J connectivity index is 1.92. The quantitative estimate of drug-likeness (QED) is 0.276. The third kappa shape index (κ3) is 6.91. The van der Waals surface area contributed by atoms with Gasteiger partial charge in [-0.3, -0.25) is 9.36 Å². The smallest absolute Gasteiger partial charge is 0.336 e. The number of aryl methyl sites for hydroxylation is 1. The van der Waals surface area contributed by atoms with Gasteiger partial charge in [-0.05, 0) is 48.9 Å². The van der Waals surface area contributed by atoms with Gasteiger partial charge in [-0.15, -0.1) is 0 Å². The summed E-state index contributed by atoms with van der Waals surface area (Å²) in [4.78, 5) is 28.8. The number of carbonyl (C=O) groups is 2. The van der Waals surface area contributed by atoms with Crippen LogP contribution in [0.4, 0.5) is 4.39 Å². The molecular formula is C28H34FN3O4S. The lowest BCUT2D eigenvalue weighted by Gasteiger charge is -2.16. The fraction of sp³-hybridized carbons (Fsp3) is 0.393. The SMILES string of the molecule is CCOc1nc(CC)c(CNC(=O)[C@@H](S)CC(C)C)n1Cc1ccc(-c2ccccc2C(=O)O)cc1F. The fourth-order valence-electron chi connectivity index (χ4n) is 4.17. The summed E-state index contributed by atoms with van der Waals surface area (Å²) in [5, 5.41) is 12.0. The van der Waals surface area contributed by atoms with Crippen LogP contribution in [-0.2, 0) is 24.3 Å². The van der Waals surface area contributed by atoms with Crippen molar-refractivity contribution in [3.8, 4) is 17.1 Å². The van der Waals surface area contributed by atoms with Gasteiger partial charge in [0.2, 0.25) is 5.91 Å². The van der Waals surface area contributed by atoms with Crippen molar-refractivity contribution >= 4 is 24.5 Å². The van der Waals surface area contributed by atoms with Gasteiger partial charge in [0.1, 0.15) is 5.82 Å². The molecule has 9 heteroatoms. The number of aromatic nitrogens is 2. The van der Waals surface area contributed by atoms with Gasteiger partial charge in [-0.2, -0.15) is 17.6 Å². The number of carboxylic acids is 1. The molecular weight excluding hydrogens is 493 g/mol. The molecule has 0 radical (unpaired) electrons. The van der Waals surface area contributed by atoms with Gasteiger partial charge in [0, 0.05) is 5.56 Å². The molecule has 2 aromatic carbocycles. The number of hydrogen-bond donors (Lipinski definition) is 3. The van der Waals surface area contributed by atoms with E-state index in [1.807, 2.05) is 27.7 Å². The first-order chi connectivity index (χ1) is 17.7. The van der Waals surface area contributed by atoms with Gasteiger partial charge >= 0.3 is 5.97 Å². The summed E-state index contributed by atoms with van der Waals surface area (Å²) in [6, 6.07) is 11.5. The average molecular weight is 528 g/mol. The Morgan fingerprint density at radius 2 is 1.92 bits per heavy atom. The van der Waals surface area contributed by atoms with E-state index in [1.165, 1.54) is 12.1 Å². The molecule has 0 spiro atoms. The lowest BCUT2D eigenvalue weighted by atomic mass is 9.98. The maximum absolute atomic E-state index is 15.3. The molecule has 7 nitrogen and oxygen atoms in total. The summed E-state index contributed by atoms with van der Waals surface area (Å²) in [6.07, 6.45) is 1.27. The molecule has 3 rings (SSSR count). The zero-order chi connectivity index (χ0) is 27.1. The topological polar surface area (TPSA) is 93.5 Å². The molecule has 3 aromatic rings. The lowest BCUT2D eigenvalue weighted by molar-refractivity contribution is -0.121. The monoisotopic (exact) mass is 527 g/mol. The van der Waals surface area contributed by atoms with Crippen LogP contribution in [0.15, 0.2) is 42.5 Å². The summed E-state index contributed by atoms with van der Waals surface area (Å²) < 4.78 is 22.9. The van der Waals surface area contributed by atoms with Crippen LogP contribution in [0.25, 0.3) is 11.1 Å². The molecule has 0 aliphatic heterocycles. The van der Waals surface area contributed by atoms with E-state index in [0.717, 1.165) is 11.4 Å². The van der Waals surface area contributed by atoms with Crippen molar-refractivity contribution in [1.29, 1.82) is 0 Å². The minimum absolute atomic E-state index is 0.105. The van der Waals surface area contributed by atoms with Crippen molar-refractivity contribution in [1.82, 2.24) is 14.9 Å². The first-order valence-electron chi connectivity index (χ1n) is 12.4. The highest BCUT2D eigenvalue weighted by molar-refractivity contribution is 7.81. The van der Waals surface area contributed by atoms with E-state index in [-0.39, 0.29) is 24.6 Å². The van der Waals surface area contributed by atoms with Gasteiger partial charge < -0.3 is 15.2 Å². The Hall–Kier alpha value is -3.33. The highest BCUT2D eigenvalue weighted by Crippen LogP contribution is 2.28. The van der Waals surface area contributed by atoms with Crippen molar-refractivity contribution in [2.45, 2.75) is 58.9 Å². The Bertz CT molecular complexity index is 1260. The van der Waals surface area contributed by atoms with Crippen molar-refractivity contribution in [2.24, 2.45) is 5.92 Å². The van der Waals surface area contributed by atoms with Gasteiger partial charge in [-0.1, -0.05) is 51.1 Å². The zero-order valence-corrected chi connectivity index (χ0v) is 22.5. The second kappa shape index (κ2) is 12.8. The second-order valence-electron chi connectivity index (χ2n) is 9.18. The van der Waals surface area contributed by atoms with Gasteiger partial charge in [-0.25, -0.2) is 9.18 Å². The van der Waals surface area contributed by atoms with E-state index in [0.29, 0.717) is 48.1 Å². The predicted molar refractivity (Wildman–Crippen MR) is 145 cm³/mol. The molecule has 0 bridgehead atoms. The second-order valence-corrected chi connectivity index (χ2v) is 9.80. The third-order valence-electron chi connectivity index (χ3n) is 6.01. The van der Waals surface area contributed by atoms with Gasteiger partial charge in [0.15, 0.2) is 0 Å². The number of nitrogens with zero attached hydrogens (tertiary/aromatic N) is 2. The van der Waals surface area contributed by atoms with Crippen molar-refractivity contribution < 1.29 is 23.8 Å². The van der Waals surface area contributed by atoms with Crippen molar-refractivity contribution in [3.63, 3.8) is 0 Å². The van der Waals surface area contributed by atoms with E-state index >= 15 is 4.39 Å². The van der Waals surface area contributed by atoms with Crippen LogP contribution in [-0.4, -0.2) is 38.4 Å². The molecule has 0 aliphatic rings. The molecule has 0 saturated heterocycles. The number of aromatic carboxylic acids is 1. The summed E-state index contributed by atoms with van der Waals surface area (Å²) in [5.74, 6) is -1.38. The van der Waals surface area contributed by atoms with Crippen LogP contribution in [0.3, 0.4) is 0 Å². The molecule has 0 unspecified atom stereocenters. The molecule has 1 aromatic heterocycles. The Labute approximate surface area is 222 Å². The Kier molecular flexibility index (Phi) is 9.74. The molecule has 0 aliphatic carbocycles. The minimum Gasteiger partial charge on any atom is -0.478 e. The van der Waals surface area contributed by atoms with E-state index in [2.05, 4.69) is 22.9 Å². The summed E-state index contributed by atoms with van der Waals surface area (Å²) in [6.45, 7) is 8.61. The number of carbonyl (C=O) groups excluding carboxylic acids is 1. The first kappa shape index (κ1) is 28.2. The lowest BCUT2D eigenvalue weighted by Crippen LogP contribution is -2.32. The number of halogens is 1. The van der Waals surface area contributed by atoms with Gasteiger partial charge in [0.05, 0.1) is 41.9 Å². The molecule has 1 heterocycles. The number of nitrogens with one attached hydrogen (secondary N) is 1. The fourth-order valence-corrected chi connectivity index (χ4v) is 4.68. The summed E-state index contributed by atoms with van der Waals surface area (Å²) >= 11 is 4.43. The van der Waals surface area contributed by atoms with Crippen molar-refractivity contribution in [2.75, 3.05) is 6.61 Å². The van der Waals surface area contributed by atoms with Crippen LogP contribution < -0.4 is 10.1 Å². The maximum atomic E-state index is 15.3. The Morgan fingerprint density at radius 3 is 2.54 bits per heavy atom. The largest absolute Gasteiger partial charge is 0.478 e. The number of thiol groups is 1. The molecule has 198 valence electrons. The molecule has 37 heavy (non-hydrogen) atoms. The van der Waals surface area contributed by atoms with E-state index in [9.17, 15) is 14.7 Å². The number of hydrogen-bond acceptors (Lipinski definition) is 5. The molecule has 1 amide bonds. The zero-order valence-electron chi connectivity index (χ0n) is 21.6. The van der Waals surface area contributed by atoms with E-state index < -0.39 is 17.0 Å². The predicted octanol–water partition coefficient (Wildman–Crippen LogP) is 5.36. The minimum atomic E-state index is -1.07. The summed E-state index contributed by atoms with van der Waals surface area (Å²) in [5.41, 5.74) is 2.91. The normalized spacial score (nSPS) is 12.0. The molecule has 0 saturated carbocycles. The third-order valence-corrected chi connectivity index (χ3v) is 6.45. The first-order valence-corrected chi connectivity index (χ1v) is 13.0. The van der Waals surface area contributed by atoms with Crippen LogP contribution in [0.1, 0.15) is 61.4 Å².